The number of ether oxygens (including phenoxy) is 1. The van der Waals surface area contributed by atoms with Crippen molar-refractivity contribution in [1.82, 2.24) is 10.6 Å². The summed E-state index contributed by atoms with van der Waals surface area (Å²) in [6, 6.07) is 6.34. The lowest BCUT2D eigenvalue weighted by atomic mass is 10.0. The van der Waals surface area contributed by atoms with Crippen LogP contribution >= 0.6 is 35.7 Å². The van der Waals surface area contributed by atoms with Crippen LogP contribution < -0.4 is 20.7 Å². The highest BCUT2D eigenvalue weighted by Crippen LogP contribution is 2.28. The van der Waals surface area contributed by atoms with Crippen molar-refractivity contribution in [3.05, 3.63) is 23.8 Å². The molecule has 150 valence electrons. The molecule has 8 heteroatoms. The Bertz CT molecular complexity index is 671. The second-order valence-electron chi connectivity index (χ2n) is 6.73. The van der Waals surface area contributed by atoms with Crippen molar-refractivity contribution in [2.24, 2.45) is 4.99 Å². The highest BCUT2D eigenvalue weighted by Gasteiger charge is 2.24. The molecule has 1 aliphatic heterocycles. The molecular formula is C19H29IN4O2S. The van der Waals surface area contributed by atoms with Crippen molar-refractivity contribution in [2.75, 3.05) is 31.8 Å². The predicted octanol–water partition coefficient (Wildman–Crippen LogP) is 3.02. The van der Waals surface area contributed by atoms with Crippen LogP contribution in [0.1, 0.15) is 31.2 Å². The van der Waals surface area contributed by atoms with E-state index in [1.54, 1.807) is 7.05 Å². The number of nitrogens with one attached hydrogen (secondary N) is 3. The molecule has 1 aliphatic carbocycles. The highest BCUT2D eigenvalue weighted by atomic mass is 127. The van der Waals surface area contributed by atoms with Gasteiger partial charge in [-0.1, -0.05) is 0 Å². The molecule has 2 atom stereocenters. The van der Waals surface area contributed by atoms with Gasteiger partial charge >= 0.3 is 0 Å². The summed E-state index contributed by atoms with van der Waals surface area (Å²) in [5, 5.41) is 10.5. The van der Waals surface area contributed by atoms with Crippen LogP contribution in [0, 0.1) is 0 Å². The molecule has 1 fully saturated rings. The first kappa shape index (κ1) is 22.1. The Morgan fingerprint density at radius 3 is 2.96 bits per heavy atom. The molecular weight excluding hydrogens is 475 g/mol. The van der Waals surface area contributed by atoms with Gasteiger partial charge in [-0.3, -0.25) is 9.79 Å². The molecule has 0 aromatic heterocycles. The Hall–Kier alpha value is -1.16. The molecule has 0 spiro atoms. The monoisotopic (exact) mass is 504 g/mol. The van der Waals surface area contributed by atoms with Crippen LogP contribution in [-0.4, -0.2) is 49.6 Å². The van der Waals surface area contributed by atoms with Crippen LogP contribution in [0.2, 0.25) is 0 Å². The molecule has 1 heterocycles. The lowest BCUT2D eigenvalue weighted by Crippen LogP contribution is -2.43. The summed E-state index contributed by atoms with van der Waals surface area (Å²) >= 11 is 1.96. The second-order valence-corrected chi connectivity index (χ2v) is 7.86. The van der Waals surface area contributed by atoms with Crippen LogP contribution in [0.15, 0.2) is 23.2 Å². The quantitative estimate of drug-likeness (QED) is 0.241. The minimum absolute atomic E-state index is 0. The van der Waals surface area contributed by atoms with Crippen LogP contribution in [-0.2, 0) is 11.2 Å². The molecule has 1 saturated carbocycles. The molecule has 27 heavy (non-hydrogen) atoms. The molecule has 1 amide bonds. The molecule has 0 saturated heterocycles. The van der Waals surface area contributed by atoms with Gasteiger partial charge in [-0.15, -0.1) is 24.0 Å². The third kappa shape index (κ3) is 6.44. The van der Waals surface area contributed by atoms with Gasteiger partial charge in [0, 0.05) is 30.4 Å². The number of aryl methyl sites for hydroxylation is 1. The van der Waals surface area contributed by atoms with Gasteiger partial charge in [0.2, 0.25) is 5.91 Å². The number of guanidine groups is 1. The van der Waals surface area contributed by atoms with Gasteiger partial charge in [0.25, 0.3) is 0 Å². The van der Waals surface area contributed by atoms with E-state index >= 15 is 0 Å². The first-order chi connectivity index (χ1) is 12.7. The third-order valence-corrected chi connectivity index (χ3v) is 6.01. The lowest BCUT2D eigenvalue weighted by molar-refractivity contribution is -0.116. The number of halogens is 1. The van der Waals surface area contributed by atoms with Crippen LogP contribution in [0.4, 0.5) is 5.69 Å². The molecule has 3 N–H and O–H groups in total. The summed E-state index contributed by atoms with van der Waals surface area (Å²) in [5.41, 5.74) is 2.04. The lowest BCUT2D eigenvalue weighted by Gasteiger charge is -2.19. The van der Waals surface area contributed by atoms with E-state index in [2.05, 4.69) is 27.2 Å². The maximum atomic E-state index is 11.4. The van der Waals surface area contributed by atoms with E-state index in [0.29, 0.717) is 25.6 Å². The number of rotatable bonds is 6. The summed E-state index contributed by atoms with van der Waals surface area (Å²) in [6.45, 7) is 1.25. The summed E-state index contributed by atoms with van der Waals surface area (Å²) in [6.07, 6.45) is 7.17. The van der Waals surface area contributed by atoms with Gasteiger partial charge < -0.3 is 20.7 Å². The molecule has 1 aromatic rings. The Morgan fingerprint density at radius 1 is 1.37 bits per heavy atom. The fourth-order valence-electron chi connectivity index (χ4n) is 3.46. The van der Waals surface area contributed by atoms with Crippen LogP contribution in [0.25, 0.3) is 0 Å². The molecule has 6 nitrogen and oxygen atoms in total. The molecule has 3 rings (SSSR count). The Kier molecular flexibility index (Phi) is 9.01. The largest absolute Gasteiger partial charge is 0.492 e. The number of anilines is 1. The zero-order valence-electron chi connectivity index (χ0n) is 15.9. The summed E-state index contributed by atoms with van der Waals surface area (Å²) < 4.78 is 5.84. The van der Waals surface area contributed by atoms with Crippen molar-refractivity contribution in [3.8, 4) is 5.75 Å². The second kappa shape index (κ2) is 11.0. The van der Waals surface area contributed by atoms with Gasteiger partial charge in [0.1, 0.15) is 12.4 Å². The number of amides is 1. The number of hydrogen-bond donors (Lipinski definition) is 3. The van der Waals surface area contributed by atoms with Crippen molar-refractivity contribution < 1.29 is 9.53 Å². The number of carbonyl (C=O) groups excluding carboxylic acids is 1. The van der Waals surface area contributed by atoms with Crippen LogP contribution in [0.3, 0.4) is 0 Å². The van der Waals surface area contributed by atoms with Crippen LogP contribution in [0.5, 0.6) is 5.75 Å². The number of hydrogen-bond acceptors (Lipinski definition) is 4. The van der Waals surface area contributed by atoms with Gasteiger partial charge in [0.15, 0.2) is 5.96 Å². The molecule has 1 aromatic carbocycles. The topological polar surface area (TPSA) is 74.8 Å². The fraction of sp³-hybridized carbons (Fsp3) is 0.579. The van der Waals surface area contributed by atoms with Gasteiger partial charge in [-0.2, -0.15) is 11.8 Å². The number of fused-ring (bicyclic) bond motifs is 1. The van der Waals surface area contributed by atoms with E-state index in [1.165, 1.54) is 19.3 Å². The van der Waals surface area contributed by atoms with E-state index in [1.807, 2.05) is 30.0 Å². The van der Waals surface area contributed by atoms with E-state index < -0.39 is 0 Å². The van der Waals surface area contributed by atoms with Gasteiger partial charge in [-0.25, -0.2) is 0 Å². The van der Waals surface area contributed by atoms with Gasteiger partial charge in [-0.05, 0) is 55.7 Å². The molecule has 0 bridgehead atoms. The van der Waals surface area contributed by atoms with Crippen molar-refractivity contribution in [3.63, 3.8) is 0 Å². The van der Waals surface area contributed by atoms with E-state index in [9.17, 15) is 4.79 Å². The summed E-state index contributed by atoms with van der Waals surface area (Å²) in [5.74, 6) is 1.76. The van der Waals surface area contributed by atoms with E-state index in [-0.39, 0.29) is 29.9 Å². The number of benzene rings is 1. The van der Waals surface area contributed by atoms with Crippen molar-refractivity contribution in [2.45, 2.75) is 43.4 Å². The maximum absolute atomic E-state index is 11.4. The van der Waals surface area contributed by atoms with Gasteiger partial charge in [0.05, 0.1) is 6.54 Å². The van der Waals surface area contributed by atoms with E-state index in [0.717, 1.165) is 34.6 Å². The number of carbonyl (C=O) groups is 1. The average Bonchev–Trinajstić information content (AvgIpc) is 3.11. The number of thioether (sulfide) groups is 1. The number of aliphatic imine (C=N–C) groups is 1. The standard InChI is InChI=1S/C19H28N4O2S.HI/c1-20-19(22-14-4-6-16(12-14)26-2)21-9-10-25-15-5-7-17-13(11-15)3-8-18(24)23-17;/h5,7,11,14,16H,3-4,6,8-10,12H2,1-2H3,(H,23,24)(H2,20,21,22);1H. The minimum atomic E-state index is 0. The van der Waals surface area contributed by atoms with Crippen molar-refractivity contribution >= 4 is 53.3 Å². The zero-order valence-corrected chi connectivity index (χ0v) is 19.1. The SMILES string of the molecule is CN=C(NCCOc1ccc2c(c1)CCC(=O)N2)NC1CCC(SC)C1.I. The summed E-state index contributed by atoms with van der Waals surface area (Å²) in [4.78, 5) is 15.7. The maximum Gasteiger partial charge on any atom is 0.224 e. The molecule has 2 aliphatic rings. The minimum Gasteiger partial charge on any atom is -0.492 e. The summed E-state index contributed by atoms with van der Waals surface area (Å²) in [7, 11) is 1.80. The molecule has 2 unspecified atom stereocenters. The van der Waals surface area contributed by atoms with E-state index in [4.69, 9.17) is 4.74 Å². The Morgan fingerprint density at radius 2 is 2.22 bits per heavy atom. The number of nitrogens with zero attached hydrogens (tertiary/aromatic N) is 1. The zero-order chi connectivity index (χ0) is 18.4. The Labute approximate surface area is 182 Å². The smallest absolute Gasteiger partial charge is 0.224 e. The molecule has 0 radical (unpaired) electrons. The fourth-order valence-corrected chi connectivity index (χ4v) is 4.26. The highest BCUT2D eigenvalue weighted by molar-refractivity contribution is 14.0. The Balaban J connectivity index is 0.00000261. The average molecular weight is 504 g/mol. The predicted molar refractivity (Wildman–Crippen MR) is 124 cm³/mol. The first-order valence-corrected chi connectivity index (χ1v) is 10.5. The normalized spacial score (nSPS) is 21.7. The first-order valence-electron chi connectivity index (χ1n) is 9.23. The van der Waals surface area contributed by atoms with Crippen molar-refractivity contribution in [1.29, 1.82) is 0 Å². The third-order valence-electron chi connectivity index (χ3n) is 4.92.